The highest BCUT2D eigenvalue weighted by atomic mass is 16.6. The maximum Gasteiger partial charge on any atom is 0.317 e. The largest absolute Gasteiger partial charge is 0.481 e. The van der Waals surface area contributed by atoms with E-state index in [0.29, 0.717) is 32.3 Å². The molecule has 0 aromatic heterocycles. The minimum Gasteiger partial charge on any atom is -0.481 e. The molecular formula is C45H72O11. The summed E-state index contributed by atoms with van der Waals surface area (Å²) in [4.78, 5) is 72.0. The normalized spacial score (nSPS) is 19.5. The summed E-state index contributed by atoms with van der Waals surface area (Å²) in [6.07, 6.45) is 28.3. The van der Waals surface area contributed by atoms with Crippen molar-refractivity contribution in [2.75, 3.05) is 6.61 Å². The highest BCUT2D eigenvalue weighted by Gasteiger charge is 2.41. The van der Waals surface area contributed by atoms with Crippen molar-refractivity contribution in [1.82, 2.24) is 0 Å². The van der Waals surface area contributed by atoms with Crippen molar-refractivity contribution < 1.29 is 53.2 Å². The number of esters is 4. The van der Waals surface area contributed by atoms with Gasteiger partial charge in [-0.05, 0) is 76.0 Å². The van der Waals surface area contributed by atoms with E-state index >= 15 is 0 Å². The Bertz CT molecular complexity index is 1150. The predicted octanol–water partition coefficient (Wildman–Crippen LogP) is 10.1. The van der Waals surface area contributed by atoms with Gasteiger partial charge in [0.15, 0.2) is 0 Å². The van der Waals surface area contributed by atoms with Crippen molar-refractivity contribution in [3.63, 3.8) is 0 Å². The summed E-state index contributed by atoms with van der Waals surface area (Å²) in [6.45, 7) is 4.73. The molecular weight excluding hydrogens is 716 g/mol. The topological polar surface area (TPSA) is 171 Å². The van der Waals surface area contributed by atoms with Gasteiger partial charge < -0.3 is 24.4 Å². The maximum atomic E-state index is 12.9. The molecule has 56 heavy (non-hydrogen) atoms. The van der Waals surface area contributed by atoms with Gasteiger partial charge in [-0.3, -0.25) is 28.8 Å². The van der Waals surface area contributed by atoms with Crippen LogP contribution in [0.1, 0.15) is 181 Å². The fourth-order valence-corrected chi connectivity index (χ4v) is 8.00. The minimum atomic E-state index is -0.786. The van der Waals surface area contributed by atoms with Crippen LogP contribution >= 0.6 is 0 Å². The fraction of sp³-hybridized carbons (Fsp3) is 0.778. The van der Waals surface area contributed by atoms with Gasteiger partial charge in [-0.2, -0.15) is 0 Å². The molecule has 0 bridgehead atoms. The second-order valence-corrected chi connectivity index (χ2v) is 16.1. The van der Waals surface area contributed by atoms with Gasteiger partial charge in [-0.15, -0.1) is 0 Å². The number of unbranched alkanes of at least 4 members (excludes halogenated alkanes) is 14. The number of carbonyl (C=O) groups is 6. The lowest BCUT2D eigenvalue weighted by Crippen LogP contribution is -2.27. The molecule has 2 aliphatic rings. The van der Waals surface area contributed by atoms with Gasteiger partial charge in [-0.25, -0.2) is 0 Å². The molecule has 0 spiro atoms. The third-order valence-corrected chi connectivity index (χ3v) is 11.2. The molecule has 2 fully saturated rings. The van der Waals surface area contributed by atoms with Crippen molar-refractivity contribution in [2.24, 2.45) is 29.6 Å². The Morgan fingerprint density at radius 2 is 1.07 bits per heavy atom. The van der Waals surface area contributed by atoms with Gasteiger partial charge in [-0.1, -0.05) is 115 Å². The summed E-state index contributed by atoms with van der Waals surface area (Å²) in [5, 5.41) is 17.9. The number of rotatable bonds is 35. The van der Waals surface area contributed by atoms with E-state index in [0.717, 1.165) is 116 Å². The number of allylic oxidation sites excluding steroid dienone is 2. The SMILES string of the molecule is CCCCC/C=C/C(COC(/C=C/CCCCC)CC(CCCCCCCC(=O)O)C1CC(=O)OC1=O)CC(CCCCCCCC(=O)O)C1CC(=O)OC1=O. The van der Waals surface area contributed by atoms with Gasteiger partial charge in [0.2, 0.25) is 0 Å². The van der Waals surface area contributed by atoms with E-state index in [4.69, 9.17) is 24.4 Å². The molecule has 6 unspecified atom stereocenters. The second kappa shape index (κ2) is 29.8. The molecule has 0 radical (unpaired) electrons. The maximum absolute atomic E-state index is 12.9. The summed E-state index contributed by atoms with van der Waals surface area (Å²) in [5.41, 5.74) is 0. The van der Waals surface area contributed by atoms with Gasteiger partial charge in [0.25, 0.3) is 0 Å². The van der Waals surface area contributed by atoms with E-state index < -0.39 is 47.7 Å². The van der Waals surface area contributed by atoms with Crippen molar-refractivity contribution in [2.45, 2.75) is 187 Å². The van der Waals surface area contributed by atoms with Crippen molar-refractivity contribution >= 4 is 35.8 Å². The smallest absolute Gasteiger partial charge is 0.317 e. The zero-order valence-electron chi connectivity index (χ0n) is 34.4. The first-order valence-corrected chi connectivity index (χ1v) is 21.9. The number of carboxylic acids is 2. The van der Waals surface area contributed by atoms with E-state index in [-0.39, 0.29) is 49.5 Å². The predicted molar refractivity (Wildman–Crippen MR) is 214 cm³/mol. The first-order valence-electron chi connectivity index (χ1n) is 21.9. The average molecular weight is 789 g/mol. The standard InChI is InChI=1S/C45H72O11/c1-3-5-7-11-17-23-34(29-35(38-31-42(50)55-44(38)52)24-18-13-9-15-21-27-40(46)47)33-54-37(26-20-12-8-6-4-2)30-36(39-32-43(51)56-45(39)53)25-19-14-10-16-22-28-41(48)49/h17,20,23,26,34-39H,3-16,18-19,21-22,24-25,27-33H2,1-2H3,(H,46,47)(H,48,49)/b23-17+,26-20+. The third-order valence-electron chi connectivity index (χ3n) is 11.2. The summed E-state index contributed by atoms with van der Waals surface area (Å²) in [6, 6.07) is 0. The Kier molecular flexibility index (Phi) is 26.0. The first-order chi connectivity index (χ1) is 27.0. The first kappa shape index (κ1) is 48.8. The van der Waals surface area contributed by atoms with Gasteiger partial charge >= 0.3 is 35.8 Å². The number of carbonyl (C=O) groups excluding carboxylic acids is 4. The van der Waals surface area contributed by atoms with Crippen LogP contribution < -0.4 is 0 Å². The Morgan fingerprint density at radius 3 is 1.52 bits per heavy atom. The summed E-state index contributed by atoms with van der Waals surface area (Å²) in [7, 11) is 0. The number of hydrogen-bond donors (Lipinski definition) is 2. The quantitative estimate of drug-likeness (QED) is 0.0271. The molecule has 2 heterocycles. The highest BCUT2D eigenvalue weighted by molar-refractivity contribution is 5.95. The molecule has 0 aliphatic carbocycles. The van der Waals surface area contributed by atoms with Crippen LogP contribution in [-0.2, 0) is 43.0 Å². The van der Waals surface area contributed by atoms with Crippen LogP contribution in [0.4, 0.5) is 0 Å². The number of carboxylic acid groups (broad SMARTS) is 2. The Hall–Kier alpha value is -3.34. The van der Waals surface area contributed by atoms with Crippen LogP contribution in [0.25, 0.3) is 0 Å². The van der Waals surface area contributed by atoms with Crippen molar-refractivity contribution in [3.8, 4) is 0 Å². The van der Waals surface area contributed by atoms with E-state index in [9.17, 15) is 28.8 Å². The van der Waals surface area contributed by atoms with E-state index in [2.05, 4.69) is 38.2 Å². The lowest BCUT2D eigenvalue weighted by Gasteiger charge is -2.28. The molecule has 0 aromatic carbocycles. The molecule has 0 aromatic rings. The van der Waals surface area contributed by atoms with Gasteiger partial charge in [0.1, 0.15) is 0 Å². The van der Waals surface area contributed by atoms with Crippen LogP contribution in [0, 0.1) is 29.6 Å². The number of hydrogen-bond acceptors (Lipinski definition) is 9. The van der Waals surface area contributed by atoms with Crippen LogP contribution in [0.5, 0.6) is 0 Å². The van der Waals surface area contributed by atoms with Crippen LogP contribution in [0.2, 0.25) is 0 Å². The van der Waals surface area contributed by atoms with E-state index in [1.165, 1.54) is 0 Å². The molecule has 11 nitrogen and oxygen atoms in total. The molecule has 318 valence electrons. The zero-order valence-corrected chi connectivity index (χ0v) is 34.4. The molecule has 2 N–H and O–H groups in total. The monoisotopic (exact) mass is 789 g/mol. The summed E-state index contributed by atoms with van der Waals surface area (Å²) < 4.78 is 16.8. The fourth-order valence-electron chi connectivity index (χ4n) is 8.00. The lowest BCUT2D eigenvalue weighted by atomic mass is 9.80. The Balaban J connectivity index is 2.24. The van der Waals surface area contributed by atoms with E-state index in [1.54, 1.807) is 0 Å². The minimum absolute atomic E-state index is 0.0287. The summed E-state index contributed by atoms with van der Waals surface area (Å²) in [5.74, 6) is -4.72. The highest BCUT2D eigenvalue weighted by Crippen LogP contribution is 2.36. The molecule has 6 atom stereocenters. The average Bonchev–Trinajstić information content (AvgIpc) is 3.68. The Labute approximate surface area is 335 Å². The van der Waals surface area contributed by atoms with Crippen LogP contribution in [0.3, 0.4) is 0 Å². The van der Waals surface area contributed by atoms with Crippen molar-refractivity contribution in [1.29, 1.82) is 0 Å². The molecule has 0 amide bonds. The molecule has 2 aliphatic heterocycles. The van der Waals surface area contributed by atoms with E-state index in [1.807, 2.05) is 0 Å². The Morgan fingerprint density at radius 1 is 0.625 bits per heavy atom. The van der Waals surface area contributed by atoms with Gasteiger partial charge in [0, 0.05) is 18.8 Å². The van der Waals surface area contributed by atoms with Crippen LogP contribution in [0.15, 0.2) is 24.3 Å². The number of ether oxygens (including phenoxy) is 3. The summed E-state index contributed by atoms with van der Waals surface area (Å²) >= 11 is 0. The van der Waals surface area contributed by atoms with Crippen molar-refractivity contribution in [3.05, 3.63) is 24.3 Å². The lowest BCUT2D eigenvalue weighted by molar-refractivity contribution is -0.155. The zero-order chi connectivity index (χ0) is 41.0. The molecule has 2 rings (SSSR count). The van der Waals surface area contributed by atoms with Gasteiger partial charge in [0.05, 0.1) is 37.4 Å². The van der Waals surface area contributed by atoms with Crippen LogP contribution in [-0.4, -0.2) is 58.7 Å². The number of aliphatic carboxylic acids is 2. The molecule has 0 saturated carbocycles. The third kappa shape index (κ3) is 21.8. The molecule has 2 saturated heterocycles. The number of cyclic esters (lactones) is 4. The second-order valence-electron chi connectivity index (χ2n) is 16.1. The molecule has 11 heteroatoms.